The second kappa shape index (κ2) is 5.36. The molecule has 0 aliphatic carbocycles. The summed E-state index contributed by atoms with van der Waals surface area (Å²) in [4.78, 5) is 3.99. The quantitative estimate of drug-likeness (QED) is 0.677. The largest absolute Gasteiger partial charge is 0.457 e. The van der Waals surface area contributed by atoms with E-state index in [1.807, 2.05) is 48.5 Å². The van der Waals surface area contributed by atoms with Crippen LogP contribution in [0.5, 0.6) is 11.5 Å². The first-order valence-electron chi connectivity index (χ1n) is 6.16. The van der Waals surface area contributed by atoms with Crippen molar-refractivity contribution in [2.75, 3.05) is 0 Å². The summed E-state index contributed by atoms with van der Waals surface area (Å²) in [5.74, 6) is 1.64. The molecule has 0 unspecified atom stereocenters. The molecule has 0 spiro atoms. The summed E-state index contributed by atoms with van der Waals surface area (Å²) in [6, 6.07) is 21.9. The van der Waals surface area contributed by atoms with Crippen LogP contribution in [-0.2, 0) is 0 Å². The Morgan fingerprint density at radius 2 is 1.37 bits per heavy atom. The van der Waals surface area contributed by atoms with Crippen molar-refractivity contribution in [2.24, 2.45) is 0 Å². The van der Waals surface area contributed by atoms with Crippen LogP contribution >= 0.6 is 0 Å². The van der Waals surface area contributed by atoms with E-state index in [0.717, 1.165) is 22.6 Å². The van der Waals surface area contributed by atoms with Crippen LogP contribution in [0.15, 0.2) is 79.1 Å². The molecule has 0 fully saturated rings. The first-order valence-corrected chi connectivity index (χ1v) is 6.16. The summed E-state index contributed by atoms with van der Waals surface area (Å²) in [7, 11) is 0. The number of rotatable bonds is 3. The molecular weight excluding hydrogens is 234 g/mol. The van der Waals surface area contributed by atoms with Gasteiger partial charge in [0, 0.05) is 18.0 Å². The number of hydrogen-bond donors (Lipinski definition) is 0. The second-order valence-corrected chi connectivity index (χ2v) is 4.15. The highest BCUT2D eigenvalue weighted by atomic mass is 16.5. The second-order valence-electron chi connectivity index (χ2n) is 4.15. The van der Waals surface area contributed by atoms with Gasteiger partial charge in [-0.05, 0) is 23.8 Å². The zero-order valence-corrected chi connectivity index (χ0v) is 10.4. The maximum atomic E-state index is 5.92. The van der Waals surface area contributed by atoms with Crippen molar-refractivity contribution >= 4 is 0 Å². The monoisotopic (exact) mass is 247 g/mol. The molecule has 0 atom stereocenters. The average Bonchev–Trinajstić information content (AvgIpc) is 2.50. The number of hydrogen-bond acceptors (Lipinski definition) is 2. The van der Waals surface area contributed by atoms with Gasteiger partial charge in [-0.3, -0.25) is 4.98 Å². The molecule has 0 N–H and O–H groups in total. The van der Waals surface area contributed by atoms with E-state index in [1.165, 1.54) is 0 Å². The van der Waals surface area contributed by atoms with Gasteiger partial charge in [0.05, 0.1) is 0 Å². The van der Waals surface area contributed by atoms with E-state index >= 15 is 0 Å². The van der Waals surface area contributed by atoms with Gasteiger partial charge in [-0.1, -0.05) is 48.5 Å². The van der Waals surface area contributed by atoms with Crippen LogP contribution in [0.2, 0.25) is 0 Å². The van der Waals surface area contributed by atoms with Crippen molar-refractivity contribution < 1.29 is 4.74 Å². The molecule has 1 aromatic heterocycles. The lowest BCUT2D eigenvalue weighted by atomic mass is 10.1. The van der Waals surface area contributed by atoms with Crippen molar-refractivity contribution in [1.82, 2.24) is 4.98 Å². The Hall–Kier alpha value is -2.61. The van der Waals surface area contributed by atoms with Gasteiger partial charge in [-0.2, -0.15) is 0 Å². The van der Waals surface area contributed by atoms with E-state index < -0.39 is 0 Å². The zero-order valence-electron chi connectivity index (χ0n) is 10.4. The normalized spacial score (nSPS) is 10.1. The van der Waals surface area contributed by atoms with Crippen LogP contribution in [0, 0.1) is 0 Å². The number of pyridine rings is 1. The third kappa shape index (κ3) is 2.63. The summed E-state index contributed by atoms with van der Waals surface area (Å²) in [6.45, 7) is 0. The fourth-order valence-corrected chi connectivity index (χ4v) is 1.95. The summed E-state index contributed by atoms with van der Waals surface area (Å²) in [6.07, 6.45) is 3.45. The molecule has 3 aromatic rings. The molecule has 2 heteroatoms. The number of para-hydroxylation sites is 1. The molecule has 3 rings (SSSR count). The van der Waals surface area contributed by atoms with Crippen molar-refractivity contribution in [3.05, 3.63) is 79.1 Å². The topological polar surface area (TPSA) is 22.1 Å². The molecule has 0 saturated carbocycles. The van der Waals surface area contributed by atoms with E-state index in [1.54, 1.807) is 12.4 Å². The van der Waals surface area contributed by atoms with Crippen LogP contribution in [0.4, 0.5) is 0 Å². The Morgan fingerprint density at radius 1 is 0.684 bits per heavy atom. The Morgan fingerprint density at radius 3 is 2.16 bits per heavy atom. The molecule has 0 aliphatic heterocycles. The first kappa shape index (κ1) is 11.5. The van der Waals surface area contributed by atoms with Crippen molar-refractivity contribution in [3.8, 4) is 22.6 Å². The zero-order chi connectivity index (χ0) is 12.9. The van der Waals surface area contributed by atoms with Crippen LogP contribution < -0.4 is 4.74 Å². The lowest BCUT2D eigenvalue weighted by molar-refractivity contribution is 0.484. The lowest BCUT2D eigenvalue weighted by Crippen LogP contribution is -1.88. The van der Waals surface area contributed by atoms with Gasteiger partial charge in [0.15, 0.2) is 0 Å². The number of nitrogens with zero attached hydrogens (tertiary/aromatic N) is 1. The minimum Gasteiger partial charge on any atom is -0.457 e. The number of benzene rings is 2. The lowest BCUT2D eigenvalue weighted by Gasteiger charge is -2.10. The van der Waals surface area contributed by atoms with Crippen molar-refractivity contribution in [3.63, 3.8) is 0 Å². The van der Waals surface area contributed by atoms with Crippen LogP contribution in [0.3, 0.4) is 0 Å². The SMILES string of the molecule is c1ccc(-c2ccccc2Oc2ccncc2)cc1. The minimum atomic E-state index is 0.790. The summed E-state index contributed by atoms with van der Waals surface area (Å²) >= 11 is 0. The molecule has 2 aromatic carbocycles. The molecule has 0 amide bonds. The Labute approximate surface area is 112 Å². The van der Waals surface area contributed by atoms with Crippen LogP contribution in [0.1, 0.15) is 0 Å². The predicted octanol–water partition coefficient (Wildman–Crippen LogP) is 4.54. The van der Waals surface area contributed by atoms with Crippen molar-refractivity contribution in [1.29, 1.82) is 0 Å². The number of aromatic nitrogens is 1. The standard InChI is InChI=1S/C17H13NO/c1-2-6-14(7-3-1)16-8-4-5-9-17(16)19-15-10-12-18-13-11-15/h1-13H. The Balaban J connectivity index is 1.99. The first-order chi connectivity index (χ1) is 9.43. The summed E-state index contributed by atoms with van der Waals surface area (Å²) in [5, 5.41) is 0. The van der Waals surface area contributed by atoms with Gasteiger partial charge in [0.2, 0.25) is 0 Å². The van der Waals surface area contributed by atoms with Crippen LogP contribution in [-0.4, -0.2) is 4.98 Å². The molecule has 0 radical (unpaired) electrons. The van der Waals surface area contributed by atoms with Gasteiger partial charge in [0.1, 0.15) is 11.5 Å². The Kier molecular flexibility index (Phi) is 3.24. The Bertz CT molecular complexity index is 650. The molecule has 0 aliphatic rings. The van der Waals surface area contributed by atoms with E-state index in [-0.39, 0.29) is 0 Å². The molecule has 0 bridgehead atoms. The summed E-state index contributed by atoms with van der Waals surface area (Å²) in [5.41, 5.74) is 2.23. The maximum absolute atomic E-state index is 5.92. The van der Waals surface area contributed by atoms with E-state index in [9.17, 15) is 0 Å². The minimum absolute atomic E-state index is 0.790. The molecule has 19 heavy (non-hydrogen) atoms. The highest BCUT2D eigenvalue weighted by Gasteiger charge is 2.05. The summed E-state index contributed by atoms with van der Waals surface area (Å²) < 4.78 is 5.92. The average molecular weight is 247 g/mol. The molecule has 0 saturated heterocycles. The molecule has 92 valence electrons. The van der Waals surface area contributed by atoms with E-state index in [0.29, 0.717) is 0 Å². The fourth-order valence-electron chi connectivity index (χ4n) is 1.95. The van der Waals surface area contributed by atoms with E-state index in [4.69, 9.17) is 4.74 Å². The third-order valence-electron chi connectivity index (χ3n) is 2.85. The highest BCUT2D eigenvalue weighted by Crippen LogP contribution is 2.32. The smallest absolute Gasteiger partial charge is 0.135 e. The third-order valence-corrected chi connectivity index (χ3v) is 2.85. The fraction of sp³-hybridized carbons (Fsp3) is 0. The molecular formula is C17H13NO. The van der Waals surface area contributed by atoms with Crippen LogP contribution in [0.25, 0.3) is 11.1 Å². The highest BCUT2D eigenvalue weighted by molar-refractivity contribution is 5.70. The van der Waals surface area contributed by atoms with Gasteiger partial charge in [-0.15, -0.1) is 0 Å². The van der Waals surface area contributed by atoms with Gasteiger partial charge < -0.3 is 4.74 Å². The van der Waals surface area contributed by atoms with Gasteiger partial charge in [0.25, 0.3) is 0 Å². The van der Waals surface area contributed by atoms with Gasteiger partial charge in [-0.25, -0.2) is 0 Å². The van der Waals surface area contributed by atoms with Crippen molar-refractivity contribution in [2.45, 2.75) is 0 Å². The molecule has 1 heterocycles. The van der Waals surface area contributed by atoms with E-state index in [2.05, 4.69) is 23.2 Å². The maximum Gasteiger partial charge on any atom is 0.135 e. The predicted molar refractivity (Wildman–Crippen MR) is 76.2 cm³/mol. The molecule has 2 nitrogen and oxygen atoms in total. The van der Waals surface area contributed by atoms with Gasteiger partial charge >= 0.3 is 0 Å². The number of ether oxygens (including phenoxy) is 1.